The van der Waals surface area contributed by atoms with Gasteiger partial charge in [-0.2, -0.15) is 0 Å². The van der Waals surface area contributed by atoms with Gasteiger partial charge in [-0.3, -0.25) is 9.59 Å². The van der Waals surface area contributed by atoms with Crippen molar-refractivity contribution in [2.45, 2.75) is 51.0 Å². The van der Waals surface area contributed by atoms with Crippen LogP contribution in [0.1, 0.15) is 44.9 Å². The molecule has 2 fully saturated rings. The summed E-state index contributed by atoms with van der Waals surface area (Å²) in [5.74, 6) is 0.663. The summed E-state index contributed by atoms with van der Waals surface area (Å²) < 4.78 is 0. The summed E-state index contributed by atoms with van der Waals surface area (Å²) in [6.45, 7) is 1.19. The van der Waals surface area contributed by atoms with Crippen molar-refractivity contribution in [1.82, 2.24) is 10.6 Å². The third-order valence-electron chi connectivity index (χ3n) is 4.12. The molecule has 5 heteroatoms. The molecular weight excluding hydrogens is 242 g/mol. The van der Waals surface area contributed by atoms with Gasteiger partial charge in [0.2, 0.25) is 11.8 Å². The van der Waals surface area contributed by atoms with Crippen molar-refractivity contribution >= 4 is 11.8 Å². The fourth-order valence-corrected chi connectivity index (χ4v) is 2.78. The summed E-state index contributed by atoms with van der Waals surface area (Å²) in [6, 6.07) is 0.422. The molecule has 0 radical (unpaired) electrons. The van der Waals surface area contributed by atoms with E-state index in [1.165, 1.54) is 0 Å². The molecule has 2 amide bonds. The number of nitrogens with two attached hydrogens (primary N) is 1. The first kappa shape index (κ1) is 14.3. The largest absolute Gasteiger partial charge is 0.356 e. The van der Waals surface area contributed by atoms with Crippen molar-refractivity contribution in [1.29, 1.82) is 0 Å². The number of carbonyl (C=O) groups excluding carboxylic acids is 2. The Labute approximate surface area is 114 Å². The minimum Gasteiger partial charge on any atom is -0.356 e. The number of amides is 2. The summed E-state index contributed by atoms with van der Waals surface area (Å²) in [5, 5.41) is 5.88. The van der Waals surface area contributed by atoms with E-state index in [0.717, 1.165) is 32.1 Å². The molecule has 2 unspecified atom stereocenters. The number of hydrogen-bond donors (Lipinski definition) is 3. The molecule has 2 aliphatic rings. The van der Waals surface area contributed by atoms with Crippen molar-refractivity contribution in [3.05, 3.63) is 0 Å². The summed E-state index contributed by atoms with van der Waals surface area (Å²) in [7, 11) is 0. The molecule has 5 nitrogen and oxygen atoms in total. The normalized spacial score (nSPS) is 26.2. The van der Waals surface area contributed by atoms with Crippen LogP contribution >= 0.6 is 0 Å². The van der Waals surface area contributed by atoms with Crippen LogP contribution in [0, 0.1) is 11.8 Å². The molecule has 0 aromatic rings. The predicted molar refractivity (Wildman–Crippen MR) is 73.3 cm³/mol. The Hall–Kier alpha value is -1.10. The molecule has 0 bridgehead atoms. The van der Waals surface area contributed by atoms with Gasteiger partial charge in [0.25, 0.3) is 0 Å². The molecule has 19 heavy (non-hydrogen) atoms. The second kappa shape index (κ2) is 6.89. The summed E-state index contributed by atoms with van der Waals surface area (Å²) in [4.78, 5) is 23.4. The summed E-state index contributed by atoms with van der Waals surface area (Å²) in [5.41, 5.74) is 5.68. The molecule has 2 rings (SSSR count). The maximum Gasteiger partial charge on any atom is 0.223 e. The zero-order chi connectivity index (χ0) is 13.7. The van der Waals surface area contributed by atoms with Crippen LogP contribution in [-0.2, 0) is 9.59 Å². The molecule has 4 N–H and O–H groups in total. The van der Waals surface area contributed by atoms with Gasteiger partial charge in [0.05, 0.1) is 0 Å². The van der Waals surface area contributed by atoms with Crippen LogP contribution in [0.3, 0.4) is 0 Å². The van der Waals surface area contributed by atoms with Crippen molar-refractivity contribution in [3.8, 4) is 0 Å². The lowest BCUT2D eigenvalue weighted by atomic mass is 9.95. The van der Waals surface area contributed by atoms with Crippen molar-refractivity contribution in [3.63, 3.8) is 0 Å². The van der Waals surface area contributed by atoms with E-state index in [1.807, 2.05) is 0 Å². The standard InChI is InChI=1S/C14H25N3O2/c15-9-10-3-1-4-12(10)14(19)16-8-2-5-13(18)17-11-6-7-11/h10-12H,1-9,15H2,(H,16,19)(H,17,18). The van der Waals surface area contributed by atoms with Crippen LogP contribution in [0.4, 0.5) is 0 Å². The van der Waals surface area contributed by atoms with Crippen LogP contribution in [-0.4, -0.2) is 30.9 Å². The number of rotatable bonds is 7. The summed E-state index contributed by atoms with van der Waals surface area (Å²) in [6.07, 6.45) is 6.57. The Balaban J connectivity index is 1.56. The minimum absolute atomic E-state index is 0.0882. The van der Waals surface area contributed by atoms with Gasteiger partial charge < -0.3 is 16.4 Å². The average Bonchev–Trinajstić information content (AvgIpc) is 3.08. The first-order valence-corrected chi connectivity index (χ1v) is 7.48. The van der Waals surface area contributed by atoms with Gasteiger partial charge in [-0.25, -0.2) is 0 Å². The Morgan fingerprint density at radius 1 is 1.16 bits per heavy atom. The lowest BCUT2D eigenvalue weighted by molar-refractivity contribution is -0.126. The molecular formula is C14H25N3O2. The van der Waals surface area contributed by atoms with Gasteiger partial charge in [-0.15, -0.1) is 0 Å². The van der Waals surface area contributed by atoms with E-state index in [1.54, 1.807) is 0 Å². The zero-order valence-electron chi connectivity index (χ0n) is 11.5. The Bertz CT molecular complexity index is 329. The van der Waals surface area contributed by atoms with Crippen molar-refractivity contribution in [2.24, 2.45) is 17.6 Å². The van der Waals surface area contributed by atoms with E-state index < -0.39 is 0 Å². The maximum atomic E-state index is 12.0. The molecule has 2 atom stereocenters. The lowest BCUT2D eigenvalue weighted by Crippen LogP contribution is -2.36. The zero-order valence-corrected chi connectivity index (χ0v) is 11.5. The predicted octanol–water partition coefficient (Wildman–Crippen LogP) is 0.536. The van der Waals surface area contributed by atoms with Gasteiger partial charge in [0.1, 0.15) is 0 Å². The topological polar surface area (TPSA) is 84.2 Å². The highest BCUT2D eigenvalue weighted by atomic mass is 16.2. The van der Waals surface area contributed by atoms with Gasteiger partial charge in [-0.05, 0) is 44.6 Å². The molecule has 0 aromatic heterocycles. The monoisotopic (exact) mass is 267 g/mol. The van der Waals surface area contributed by atoms with Crippen LogP contribution in [0.15, 0.2) is 0 Å². The number of carbonyl (C=O) groups is 2. The average molecular weight is 267 g/mol. The SMILES string of the molecule is NCC1CCCC1C(=O)NCCCC(=O)NC1CC1. The molecule has 0 spiro atoms. The quantitative estimate of drug-likeness (QED) is 0.588. The van der Waals surface area contributed by atoms with Crippen LogP contribution in [0.2, 0.25) is 0 Å². The smallest absolute Gasteiger partial charge is 0.223 e. The lowest BCUT2D eigenvalue weighted by Gasteiger charge is -2.17. The molecule has 0 aliphatic heterocycles. The van der Waals surface area contributed by atoms with E-state index >= 15 is 0 Å². The number of hydrogen-bond acceptors (Lipinski definition) is 3. The highest BCUT2D eigenvalue weighted by molar-refractivity contribution is 5.79. The Kier molecular flexibility index (Phi) is 5.19. The molecule has 2 aliphatic carbocycles. The van der Waals surface area contributed by atoms with Crippen LogP contribution in [0.5, 0.6) is 0 Å². The molecule has 0 heterocycles. The fraction of sp³-hybridized carbons (Fsp3) is 0.857. The van der Waals surface area contributed by atoms with E-state index in [0.29, 0.717) is 37.9 Å². The summed E-state index contributed by atoms with van der Waals surface area (Å²) >= 11 is 0. The second-order valence-electron chi connectivity index (χ2n) is 5.77. The molecule has 108 valence electrons. The van der Waals surface area contributed by atoms with Crippen molar-refractivity contribution < 1.29 is 9.59 Å². The maximum absolute atomic E-state index is 12.0. The second-order valence-corrected chi connectivity index (χ2v) is 5.77. The fourth-order valence-electron chi connectivity index (χ4n) is 2.78. The first-order chi connectivity index (χ1) is 9.20. The van der Waals surface area contributed by atoms with E-state index in [2.05, 4.69) is 10.6 Å². The third kappa shape index (κ3) is 4.49. The van der Waals surface area contributed by atoms with E-state index in [-0.39, 0.29) is 17.7 Å². The Morgan fingerprint density at radius 3 is 2.63 bits per heavy atom. The van der Waals surface area contributed by atoms with Crippen molar-refractivity contribution in [2.75, 3.05) is 13.1 Å². The Morgan fingerprint density at radius 2 is 1.95 bits per heavy atom. The van der Waals surface area contributed by atoms with Crippen LogP contribution in [0.25, 0.3) is 0 Å². The number of nitrogens with one attached hydrogen (secondary N) is 2. The highest BCUT2D eigenvalue weighted by Crippen LogP contribution is 2.30. The van der Waals surface area contributed by atoms with E-state index in [4.69, 9.17) is 5.73 Å². The van der Waals surface area contributed by atoms with Gasteiger partial charge >= 0.3 is 0 Å². The molecule has 0 aromatic carbocycles. The molecule has 0 saturated heterocycles. The van der Waals surface area contributed by atoms with Gasteiger partial charge in [0, 0.05) is 24.9 Å². The van der Waals surface area contributed by atoms with E-state index in [9.17, 15) is 9.59 Å². The third-order valence-corrected chi connectivity index (χ3v) is 4.12. The first-order valence-electron chi connectivity index (χ1n) is 7.48. The van der Waals surface area contributed by atoms with Crippen LogP contribution < -0.4 is 16.4 Å². The van der Waals surface area contributed by atoms with Gasteiger partial charge in [0.15, 0.2) is 0 Å². The van der Waals surface area contributed by atoms with Gasteiger partial charge in [-0.1, -0.05) is 6.42 Å². The minimum atomic E-state index is 0.0882. The highest BCUT2D eigenvalue weighted by Gasteiger charge is 2.31. The molecule has 2 saturated carbocycles.